The fraction of sp³-hybridized carbons (Fsp3) is 0.632. The van der Waals surface area contributed by atoms with E-state index < -0.39 is 21.8 Å². The van der Waals surface area contributed by atoms with Crippen LogP contribution >= 0.6 is 0 Å². The predicted octanol–water partition coefficient (Wildman–Crippen LogP) is 3.90. The minimum atomic E-state index is -3.84. The predicted molar refractivity (Wildman–Crippen MR) is 99.6 cm³/mol. The number of amides is 1. The molecule has 0 spiro atoms. The lowest BCUT2D eigenvalue weighted by Gasteiger charge is -2.53. The highest BCUT2D eigenvalue weighted by molar-refractivity contribution is 7.86. The van der Waals surface area contributed by atoms with E-state index in [1.165, 1.54) is 17.0 Å². The molecule has 1 amide bonds. The molecule has 7 heteroatoms. The fourth-order valence-electron chi connectivity index (χ4n) is 3.33. The van der Waals surface area contributed by atoms with Crippen LogP contribution in [0.5, 0.6) is 0 Å². The molecular formula is C19H29NO5S. The number of nitrogens with zero attached hydrogens (tertiary/aromatic N) is 1. The van der Waals surface area contributed by atoms with E-state index >= 15 is 0 Å². The zero-order valence-electron chi connectivity index (χ0n) is 16.2. The Hall–Kier alpha value is -1.60. The van der Waals surface area contributed by atoms with E-state index in [1.807, 2.05) is 34.6 Å². The van der Waals surface area contributed by atoms with Crippen LogP contribution in [0.1, 0.15) is 46.1 Å². The van der Waals surface area contributed by atoms with Crippen LogP contribution in [0.15, 0.2) is 29.2 Å². The molecule has 146 valence electrons. The molecule has 2 rings (SSSR count). The van der Waals surface area contributed by atoms with Crippen molar-refractivity contribution in [3.05, 3.63) is 29.8 Å². The topological polar surface area (TPSA) is 83.9 Å². The molecule has 26 heavy (non-hydrogen) atoms. The summed E-state index contributed by atoms with van der Waals surface area (Å²) >= 11 is 0. The van der Waals surface area contributed by atoms with Crippen LogP contribution in [0.4, 0.5) is 4.79 Å². The molecule has 1 aliphatic heterocycles. The van der Waals surface area contributed by atoms with Crippen molar-refractivity contribution in [3.8, 4) is 0 Å². The van der Waals surface area contributed by atoms with Crippen molar-refractivity contribution in [1.82, 2.24) is 4.90 Å². The molecule has 0 unspecified atom stereocenters. The third-order valence-electron chi connectivity index (χ3n) is 5.69. The van der Waals surface area contributed by atoms with E-state index in [4.69, 9.17) is 4.18 Å². The maximum absolute atomic E-state index is 12.3. The standard InChI is InChI=1S/C19H29NO5S/c1-14-6-8-16(9-7-14)26(23,24)25-13-15-10-11-19(5,18(2,3)4)20(12-15)17(21)22/h6-9,15H,10-13H2,1-5H3,(H,21,22)/t15-,19-/m1/s1. The van der Waals surface area contributed by atoms with Crippen molar-refractivity contribution in [2.75, 3.05) is 13.2 Å². The summed E-state index contributed by atoms with van der Waals surface area (Å²) in [6, 6.07) is 6.48. The maximum Gasteiger partial charge on any atom is 0.407 e. The van der Waals surface area contributed by atoms with E-state index in [0.29, 0.717) is 6.42 Å². The number of rotatable bonds is 4. The van der Waals surface area contributed by atoms with Crippen molar-refractivity contribution >= 4 is 16.2 Å². The van der Waals surface area contributed by atoms with Gasteiger partial charge in [0.15, 0.2) is 0 Å². The average Bonchev–Trinajstić information content (AvgIpc) is 2.53. The van der Waals surface area contributed by atoms with Crippen LogP contribution < -0.4 is 0 Å². The molecule has 0 bridgehead atoms. The second-order valence-corrected chi connectivity index (χ2v) is 9.99. The van der Waals surface area contributed by atoms with Crippen LogP contribution in [0.25, 0.3) is 0 Å². The first-order chi connectivity index (χ1) is 11.9. The van der Waals surface area contributed by atoms with E-state index in [2.05, 4.69) is 0 Å². The molecular weight excluding hydrogens is 354 g/mol. The Morgan fingerprint density at radius 1 is 1.31 bits per heavy atom. The number of piperidine rings is 1. The van der Waals surface area contributed by atoms with Gasteiger partial charge in [-0.2, -0.15) is 8.42 Å². The summed E-state index contributed by atoms with van der Waals surface area (Å²) in [5.74, 6) is -0.151. The Kier molecular flexibility index (Phi) is 5.73. The van der Waals surface area contributed by atoms with Crippen LogP contribution in [-0.2, 0) is 14.3 Å². The van der Waals surface area contributed by atoms with Gasteiger partial charge < -0.3 is 10.0 Å². The smallest absolute Gasteiger partial charge is 0.407 e. The number of hydrogen-bond acceptors (Lipinski definition) is 4. The van der Waals surface area contributed by atoms with Gasteiger partial charge in [-0.15, -0.1) is 0 Å². The molecule has 1 aliphatic rings. The van der Waals surface area contributed by atoms with E-state index in [0.717, 1.165) is 12.0 Å². The maximum atomic E-state index is 12.3. The van der Waals surface area contributed by atoms with Crippen molar-refractivity contribution in [2.45, 2.75) is 57.9 Å². The van der Waals surface area contributed by atoms with Gasteiger partial charge in [0.2, 0.25) is 0 Å². The lowest BCUT2D eigenvalue weighted by molar-refractivity contribution is -0.0344. The molecule has 0 saturated carbocycles. The van der Waals surface area contributed by atoms with Gasteiger partial charge in [0.1, 0.15) is 0 Å². The number of likely N-dealkylation sites (tertiary alicyclic amines) is 1. The molecule has 1 aromatic carbocycles. The average molecular weight is 384 g/mol. The first kappa shape index (κ1) is 20.7. The van der Waals surface area contributed by atoms with Gasteiger partial charge in [0.05, 0.1) is 11.5 Å². The van der Waals surface area contributed by atoms with Gasteiger partial charge in [-0.05, 0) is 44.2 Å². The molecule has 6 nitrogen and oxygen atoms in total. The van der Waals surface area contributed by atoms with Crippen molar-refractivity contribution in [2.24, 2.45) is 11.3 Å². The summed E-state index contributed by atoms with van der Waals surface area (Å²) in [7, 11) is -3.84. The minimum absolute atomic E-state index is 0.0137. The number of aryl methyl sites for hydroxylation is 1. The monoisotopic (exact) mass is 383 g/mol. The second kappa shape index (κ2) is 7.19. The van der Waals surface area contributed by atoms with E-state index in [-0.39, 0.29) is 29.4 Å². The Morgan fingerprint density at radius 2 is 1.88 bits per heavy atom. The van der Waals surface area contributed by atoms with Crippen molar-refractivity contribution in [3.63, 3.8) is 0 Å². The SMILES string of the molecule is Cc1ccc(S(=O)(=O)OC[C@@H]2CC[C@](C)(C(C)(C)C)N(C(=O)O)C2)cc1. The fourth-order valence-corrected chi connectivity index (χ4v) is 4.31. The normalized spacial score (nSPS) is 24.5. The second-order valence-electron chi connectivity index (χ2n) is 8.37. The summed E-state index contributed by atoms with van der Waals surface area (Å²) in [4.78, 5) is 13.4. The highest BCUT2D eigenvalue weighted by Crippen LogP contribution is 2.43. The van der Waals surface area contributed by atoms with Gasteiger partial charge in [0.25, 0.3) is 10.1 Å². The van der Waals surface area contributed by atoms with E-state index in [9.17, 15) is 18.3 Å². The third kappa shape index (κ3) is 4.20. The number of hydrogen-bond donors (Lipinski definition) is 1. The summed E-state index contributed by atoms with van der Waals surface area (Å²) < 4.78 is 29.9. The Bertz CT molecular complexity index is 751. The van der Waals surface area contributed by atoms with Crippen LogP contribution in [0, 0.1) is 18.3 Å². The summed E-state index contributed by atoms with van der Waals surface area (Å²) in [5.41, 5.74) is 0.255. The highest BCUT2D eigenvalue weighted by atomic mass is 32.2. The first-order valence-corrected chi connectivity index (χ1v) is 10.2. The quantitative estimate of drug-likeness (QED) is 0.797. The number of carboxylic acid groups (broad SMARTS) is 1. The van der Waals surface area contributed by atoms with Gasteiger partial charge in [0, 0.05) is 18.0 Å². The van der Waals surface area contributed by atoms with Crippen molar-refractivity contribution < 1.29 is 22.5 Å². The zero-order valence-corrected chi connectivity index (χ0v) is 17.0. The van der Waals surface area contributed by atoms with E-state index in [1.54, 1.807) is 12.1 Å². The first-order valence-electron chi connectivity index (χ1n) is 8.83. The lowest BCUT2D eigenvalue weighted by atomic mass is 9.68. The van der Waals surface area contributed by atoms with Gasteiger partial charge >= 0.3 is 6.09 Å². The Labute approximate surface area is 156 Å². The molecule has 1 N–H and O–H groups in total. The molecule has 0 radical (unpaired) electrons. The number of carbonyl (C=O) groups is 1. The summed E-state index contributed by atoms with van der Waals surface area (Å²) in [6.45, 7) is 10.2. The molecule has 0 aliphatic carbocycles. The molecule has 1 aromatic rings. The largest absolute Gasteiger partial charge is 0.465 e. The molecule has 1 fully saturated rings. The molecule has 1 saturated heterocycles. The number of benzene rings is 1. The Morgan fingerprint density at radius 3 is 2.38 bits per heavy atom. The van der Waals surface area contributed by atoms with Crippen LogP contribution in [0.3, 0.4) is 0 Å². The van der Waals surface area contributed by atoms with Gasteiger partial charge in [-0.3, -0.25) is 4.18 Å². The summed E-state index contributed by atoms with van der Waals surface area (Å²) in [5, 5.41) is 9.65. The van der Waals surface area contributed by atoms with Gasteiger partial charge in [-0.1, -0.05) is 38.5 Å². The molecule has 0 aromatic heterocycles. The Balaban J connectivity index is 2.08. The van der Waals surface area contributed by atoms with Crippen molar-refractivity contribution in [1.29, 1.82) is 0 Å². The third-order valence-corrected chi connectivity index (χ3v) is 6.99. The summed E-state index contributed by atoms with van der Waals surface area (Å²) in [6.07, 6.45) is 0.413. The minimum Gasteiger partial charge on any atom is -0.465 e. The molecule has 1 heterocycles. The highest BCUT2D eigenvalue weighted by Gasteiger charge is 2.48. The van der Waals surface area contributed by atoms with Crippen LogP contribution in [-0.4, -0.2) is 43.2 Å². The lowest BCUT2D eigenvalue weighted by Crippen LogP contribution is -2.61. The molecule has 2 atom stereocenters. The van der Waals surface area contributed by atoms with Gasteiger partial charge in [-0.25, -0.2) is 4.79 Å². The van der Waals surface area contributed by atoms with Crippen LogP contribution in [0.2, 0.25) is 0 Å². The zero-order chi connectivity index (χ0) is 19.8.